The predicted molar refractivity (Wildman–Crippen MR) is 100 cm³/mol. The van der Waals surface area contributed by atoms with Crippen molar-refractivity contribution in [3.05, 3.63) is 0 Å². The van der Waals surface area contributed by atoms with Gasteiger partial charge in [0, 0.05) is 25.0 Å². The molecule has 6 heteroatoms. The fraction of sp³-hybridized carbons (Fsp3) is 0.895. The number of carbonyl (C=O) groups is 1. The van der Waals surface area contributed by atoms with Gasteiger partial charge >= 0.3 is 6.09 Å². The standard InChI is InChI=1S/C19H35N3O3/c1-15(2)6-7-18(20-25-3)16-8-12-21(13-9-16)17-5-4-11-22(14-10-17)19(23)24/h15-17H,4-14H2,1-3H3,(H,23,24). The molecule has 6 nitrogen and oxygen atoms in total. The van der Waals surface area contributed by atoms with Crippen molar-refractivity contribution in [3.8, 4) is 0 Å². The lowest BCUT2D eigenvalue weighted by molar-refractivity contribution is 0.128. The largest absolute Gasteiger partial charge is 0.465 e. The number of oxime groups is 1. The maximum absolute atomic E-state index is 11.2. The van der Waals surface area contributed by atoms with E-state index >= 15 is 0 Å². The number of amides is 1. The molecule has 2 rings (SSSR count). The number of rotatable bonds is 6. The molecule has 144 valence electrons. The van der Waals surface area contributed by atoms with Gasteiger partial charge in [0.1, 0.15) is 7.11 Å². The lowest BCUT2D eigenvalue weighted by atomic mass is 9.87. The Morgan fingerprint density at radius 1 is 1.16 bits per heavy atom. The third kappa shape index (κ3) is 6.17. The molecule has 0 spiro atoms. The highest BCUT2D eigenvalue weighted by Crippen LogP contribution is 2.26. The molecule has 0 bridgehead atoms. The molecule has 1 amide bonds. The molecule has 1 unspecified atom stereocenters. The van der Waals surface area contributed by atoms with Gasteiger partial charge in [-0.25, -0.2) is 4.79 Å². The van der Waals surface area contributed by atoms with Crippen molar-refractivity contribution in [3.63, 3.8) is 0 Å². The summed E-state index contributed by atoms with van der Waals surface area (Å²) >= 11 is 0. The summed E-state index contributed by atoms with van der Waals surface area (Å²) in [7, 11) is 1.64. The zero-order valence-electron chi connectivity index (χ0n) is 16.1. The van der Waals surface area contributed by atoms with Crippen molar-refractivity contribution >= 4 is 11.8 Å². The lowest BCUT2D eigenvalue weighted by Crippen LogP contribution is -2.43. The van der Waals surface area contributed by atoms with Crippen LogP contribution in [0, 0.1) is 11.8 Å². The van der Waals surface area contributed by atoms with E-state index in [1.54, 1.807) is 12.0 Å². The first-order chi connectivity index (χ1) is 12.0. The van der Waals surface area contributed by atoms with E-state index in [-0.39, 0.29) is 0 Å². The van der Waals surface area contributed by atoms with E-state index in [9.17, 15) is 9.90 Å². The molecule has 0 saturated carbocycles. The van der Waals surface area contributed by atoms with Crippen LogP contribution >= 0.6 is 0 Å². The highest BCUT2D eigenvalue weighted by molar-refractivity contribution is 5.86. The van der Waals surface area contributed by atoms with E-state index in [1.165, 1.54) is 5.71 Å². The first-order valence-electron chi connectivity index (χ1n) is 9.83. The van der Waals surface area contributed by atoms with Crippen LogP contribution in [0.3, 0.4) is 0 Å². The van der Waals surface area contributed by atoms with Crippen molar-refractivity contribution in [2.24, 2.45) is 17.0 Å². The van der Waals surface area contributed by atoms with Gasteiger partial charge in [-0.2, -0.15) is 0 Å². The average Bonchev–Trinajstić information content (AvgIpc) is 2.85. The van der Waals surface area contributed by atoms with Gasteiger partial charge in [0.25, 0.3) is 0 Å². The zero-order chi connectivity index (χ0) is 18.2. The Bertz CT molecular complexity index is 445. The van der Waals surface area contributed by atoms with Crippen LogP contribution in [-0.2, 0) is 4.84 Å². The minimum absolute atomic E-state index is 0.531. The van der Waals surface area contributed by atoms with Crippen LogP contribution in [0.25, 0.3) is 0 Å². The number of piperidine rings is 1. The normalized spacial score (nSPS) is 24.4. The smallest absolute Gasteiger partial charge is 0.407 e. The molecule has 2 aliphatic rings. The van der Waals surface area contributed by atoms with E-state index in [0.717, 1.165) is 58.0 Å². The monoisotopic (exact) mass is 353 g/mol. The number of nitrogens with zero attached hydrogens (tertiary/aromatic N) is 3. The molecular weight excluding hydrogens is 318 g/mol. The molecule has 0 aromatic carbocycles. The van der Waals surface area contributed by atoms with Gasteiger partial charge in [-0.1, -0.05) is 19.0 Å². The van der Waals surface area contributed by atoms with Crippen molar-refractivity contribution in [1.29, 1.82) is 0 Å². The van der Waals surface area contributed by atoms with Gasteiger partial charge in [0.15, 0.2) is 0 Å². The molecule has 1 N–H and O–H groups in total. The third-order valence-electron chi connectivity index (χ3n) is 5.67. The van der Waals surface area contributed by atoms with E-state index in [1.807, 2.05) is 0 Å². The first kappa shape index (κ1) is 20.0. The van der Waals surface area contributed by atoms with Crippen molar-refractivity contribution in [1.82, 2.24) is 9.80 Å². The number of hydrogen-bond acceptors (Lipinski definition) is 4. The summed E-state index contributed by atoms with van der Waals surface area (Å²) in [5, 5.41) is 13.5. The number of carboxylic acid groups (broad SMARTS) is 1. The summed E-state index contributed by atoms with van der Waals surface area (Å²) in [4.78, 5) is 20.4. The zero-order valence-corrected chi connectivity index (χ0v) is 16.1. The van der Waals surface area contributed by atoms with Crippen LogP contribution in [0.15, 0.2) is 5.16 Å². The third-order valence-corrected chi connectivity index (χ3v) is 5.67. The Hall–Kier alpha value is -1.30. The maximum atomic E-state index is 11.2. The Kier molecular flexibility index (Phi) is 8.00. The van der Waals surface area contributed by atoms with Gasteiger partial charge in [0.05, 0.1) is 5.71 Å². The summed E-state index contributed by atoms with van der Waals surface area (Å²) in [6.07, 6.45) is 6.75. The van der Waals surface area contributed by atoms with Crippen LogP contribution in [-0.4, -0.2) is 66.0 Å². The fourth-order valence-electron chi connectivity index (χ4n) is 4.11. The Morgan fingerprint density at radius 3 is 2.48 bits per heavy atom. The average molecular weight is 354 g/mol. The summed E-state index contributed by atoms with van der Waals surface area (Å²) < 4.78 is 0. The van der Waals surface area contributed by atoms with Crippen LogP contribution in [0.4, 0.5) is 4.79 Å². The molecule has 2 fully saturated rings. The topological polar surface area (TPSA) is 65.4 Å². The lowest BCUT2D eigenvalue weighted by Gasteiger charge is -2.37. The second kappa shape index (κ2) is 10.00. The Balaban J connectivity index is 1.83. The quantitative estimate of drug-likeness (QED) is 0.584. The highest BCUT2D eigenvalue weighted by Gasteiger charge is 2.29. The molecule has 0 aromatic rings. The highest BCUT2D eigenvalue weighted by atomic mass is 16.6. The summed E-state index contributed by atoms with van der Waals surface area (Å²) in [6, 6.07) is 0.531. The molecule has 1 atom stereocenters. The fourth-order valence-corrected chi connectivity index (χ4v) is 4.11. The van der Waals surface area contributed by atoms with Gasteiger partial charge < -0.3 is 19.7 Å². The molecule has 2 aliphatic heterocycles. The SMILES string of the molecule is CON=C(CCC(C)C)C1CCN(C2CCCN(C(=O)O)CC2)CC1. The van der Waals surface area contributed by atoms with Crippen molar-refractivity contribution in [2.45, 2.75) is 64.8 Å². The van der Waals surface area contributed by atoms with Crippen LogP contribution < -0.4 is 0 Å². The van der Waals surface area contributed by atoms with Gasteiger partial charge in [-0.05, 0) is 64.0 Å². The first-order valence-corrected chi connectivity index (χ1v) is 9.83. The van der Waals surface area contributed by atoms with Crippen LogP contribution in [0.2, 0.25) is 0 Å². The molecule has 2 heterocycles. The Labute approximate surface area is 152 Å². The summed E-state index contributed by atoms with van der Waals surface area (Å²) in [6.45, 7) is 8.03. The van der Waals surface area contributed by atoms with E-state index in [2.05, 4.69) is 23.9 Å². The van der Waals surface area contributed by atoms with Crippen LogP contribution in [0.5, 0.6) is 0 Å². The maximum Gasteiger partial charge on any atom is 0.407 e. The van der Waals surface area contributed by atoms with Crippen LogP contribution in [0.1, 0.15) is 58.8 Å². The predicted octanol–water partition coefficient (Wildman–Crippen LogP) is 3.67. The van der Waals surface area contributed by atoms with Gasteiger partial charge in [-0.3, -0.25) is 0 Å². The molecule has 2 saturated heterocycles. The van der Waals surface area contributed by atoms with E-state index < -0.39 is 6.09 Å². The van der Waals surface area contributed by atoms with Gasteiger partial charge in [-0.15, -0.1) is 0 Å². The molecule has 0 aromatic heterocycles. The Morgan fingerprint density at radius 2 is 1.88 bits per heavy atom. The minimum Gasteiger partial charge on any atom is -0.465 e. The van der Waals surface area contributed by atoms with Gasteiger partial charge in [0.2, 0.25) is 0 Å². The van der Waals surface area contributed by atoms with E-state index in [0.29, 0.717) is 31.0 Å². The molecule has 25 heavy (non-hydrogen) atoms. The summed E-state index contributed by atoms with van der Waals surface area (Å²) in [5.74, 6) is 1.22. The second-order valence-corrected chi connectivity index (χ2v) is 7.86. The second-order valence-electron chi connectivity index (χ2n) is 7.86. The molecule has 0 aliphatic carbocycles. The van der Waals surface area contributed by atoms with E-state index in [4.69, 9.17) is 4.84 Å². The number of likely N-dealkylation sites (tertiary alicyclic amines) is 2. The molecule has 0 radical (unpaired) electrons. The van der Waals surface area contributed by atoms with Crippen molar-refractivity contribution < 1.29 is 14.7 Å². The minimum atomic E-state index is -0.773. The molecular formula is C19H35N3O3. The van der Waals surface area contributed by atoms with Crippen molar-refractivity contribution in [2.75, 3.05) is 33.3 Å². The summed E-state index contributed by atoms with van der Waals surface area (Å²) in [5.41, 5.74) is 1.23. The number of hydrogen-bond donors (Lipinski definition) is 1.